The lowest BCUT2D eigenvalue weighted by Crippen LogP contribution is -2.11. The summed E-state index contributed by atoms with van der Waals surface area (Å²) in [7, 11) is 1.61. The molecule has 0 radical (unpaired) electrons. The smallest absolute Gasteiger partial charge is 0.332 e. The quantitative estimate of drug-likeness (QED) is 0.0126. The summed E-state index contributed by atoms with van der Waals surface area (Å²) in [6.07, 6.45) is 13.4. The first-order chi connectivity index (χ1) is 49.6. The molecular formula is C89H96N4O8. The molecule has 0 aliphatic carbocycles. The number of carbonyl (C=O) groups excluding carboxylic acids is 2. The van der Waals surface area contributed by atoms with Crippen LogP contribution in [0, 0.1) is 11.8 Å². The summed E-state index contributed by atoms with van der Waals surface area (Å²) >= 11 is 0. The van der Waals surface area contributed by atoms with Crippen molar-refractivity contribution < 1.29 is 38.2 Å². The third-order valence-corrected chi connectivity index (χ3v) is 20.0. The summed E-state index contributed by atoms with van der Waals surface area (Å²) in [6.45, 7) is 18.2. The van der Waals surface area contributed by atoms with Crippen LogP contribution in [0.1, 0.15) is 175 Å². The molecule has 12 aromatic rings. The number of para-hydroxylation sites is 2. The number of unbranched alkanes of at least 4 members (excludes halogenated alkanes) is 5. The number of nitrogens with zero attached hydrogens (tertiary/aromatic N) is 4. The van der Waals surface area contributed by atoms with Gasteiger partial charge in [-0.1, -0.05) is 180 Å². The Bertz CT molecular complexity index is 4960. The lowest BCUT2D eigenvalue weighted by molar-refractivity contribution is -0.140. The van der Waals surface area contributed by atoms with Gasteiger partial charge in [-0.3, -0.25) is 4.79 Å². The van der Waals surface area contributed by atoms with Crippen molar-refractivity contribution in [2.24, 2.45) is 22.1 Å². The first kappa shape index (κ1) is 70.7. The van der Waals surface area contributed by atoms with E-state index in [1.165, 1.54) is 69.9 Å². The zero-order valence-corrected chi connectivity index (χ0v) is 60.1. The van der Waals surface area contributed by atoms with Crippen LogP contribution < -0.4 is 18.9 Å². The van der Waals surface area contributed by atoms with Crippen molar-refractivity contribution >= 4 is 88.3 Å². The molecule has 520 valence electrons. The molecule has 12 rings (SSSR count). The highest BCUT2D eigenvalue weighted by atomic mass is 16.7. The van der Waals surface area contributed by atoms with Gasteiger partial charge in [-0.25, -0.2) is 4.79 Å². The SMILES string of the molecule is CCCCC(CC)Cn1c2ccc(Cc3c(OCC)ccc4ccccc34)cc2c2cc(/C(=N/OC)c3ccccc3OCCCCCCOc3ccccc3/C(=N\OC(C)=O)c3ccc4c(c3)c3cc(C(=O)c5c(OCC)ccc6ccccc56)ccc3n4CC(CC)CCCC)ccc21. The monoisotopic (exact) mass is 1350 g/mol. The second-order valence-electron chi connectivity index (χ2n) is 26.6. The minimum atomic E-state index is -0.536. The number of fused-ring (bicyclic) bond motifs is 8. The number of hydrogen-bond donors (Lipinski definition) is 0. The lowest BCUT2D eigenvalue weighted by atomic mass is 9.95. The minimum absolute atomic E-state index is 0.108. The number of aromatic nitrogens is 2. The van der Waals surface area contributed by atoms with Gasteiger partial charge in [0.1, 0.15) is 41.5 Å². The van der Waals surface area contributed by atoms with E-state index in [2.05, 4.69) is 139 Å². The zero-order valence-electron chi connectivity index (χ0n) is 60.1. The molecule has 0 aliphatic rings. The molecule has 0 amide bonds. The predicted octanol–water partition coefficient (Wildman–Crippen LogP) is 22.0. The van der Waals surface area contributed by atoms with Crippen molar-refractivity contribution in [1.29, 1.82) is 0 Å². The highest BCUT2D eigenvalue weighted by molar-refractivity contribution is 6.22. The van der Waals surface area contributed by atoms with Crippen LogP contribution in [-0.2, 0) is 34.0 Å². The molecule has 2 atom stereocenters. The maximum absolute atomic E-state index is 14.9. The van der Waals surface area contributed by atoms with Crippen LogP contribution in [0.4, 0.5) is 0 Å². The Morgan fingerprint density at radius 1 is 0.426 bits per heavy atom. The third kappa shape index (κ3) is 15.9. The Kier molecular flexibility index (Phi) is 23.6. The summed E-state index contributed by atoms with van der Waals surface area (Å²) in [5, 5.41) is 17.8. The molecule has 2 unspecified atom stereocenters. The molecule has 0 aliphatic heterocycles. The Morgan fingerprint density at radius 2 is 0.891 bits per heavy atom. The van der Waals surface area contributed by atoms with Gasteiger partial charge in [-0.15, -0.1) is 0 Å². The average Bonchev–Trinajstić information content (AvgIpc) is 1.61. The first-order valence-corrected chi connectivity index (χ1v) is 36.8. The lowest BCUT2D eigenvalue weighted by Gasteiger charge is -2.18. The topological polar surface area (TPSA) is 124 Å². The van der Waals surface area contributed by atoms with E-state index in [0.717, 1.165) is 138 Å². The van der Waals surface area contributed by atoms with Gasteiger partial charge < -0.3 is 37.8 Å². The fourth-order valence-electron chi connectivity index (χ4n) is 14.7. The highest BCUT2D eigenvalue weighted by Crippen LogP contribution is 2.40. The van der Waals surface area contributed by atoms with E-state index in [1.54, 1.807) is 7.11 Å². The second kappa shape index (κ2) is 33.8. The molecule has 0 N–H and O–H groups in total. The number of carbonyl (C=O) groups is 2. The number of ketones is 1. The highest BCUT2D eigenvalue weighted by Gasteiger charge is 2.25. The maximum Gasteiger partial charge on any atom is 0.332 e. The van der Waals surface area contributed by atoms with Crippen LogP contribution in [0.5, 0.6) is 23.0 Å². The van der Waals surface area contributed by atoms with E-state index < -0.39 is 5.97 Å². The summed E-state index contributed by atoms with van der Waals surface area (Å²) in [6, 6.07) is 66.8. The van der Waals surface area contributed by atoms with E-state index >= 15 is 0 Å². The van der Waals surface area contributed by atoms with Crippen LogP contribution in [0.15, 0.2) is 204 Å². The third-order valence-electron chi connectivity index (χ3n) is 20.0. The van der Waals surface area contributed by atoms with Crippen molar-refractivity contribution in [2.45, 2.75) is 145 Å². The van der Waals surface area contributed by atoms with E-state index in [-0.39, 0.29) is 5.78 Å². The number of benzene rings is 10. The van der Waals surface area contributed by atoms with E-state index in [0.29, 0.717) is 77.9 Å². The van der Waals surface area contributed by atoms with Crippen LogP contribution >= 0.6 is 0 Å². The molecule has 12 nitrogen and oxygen atoms in total. The van der Waals surface area contributed by atoms with Gasteiger partial charge in [0.25, 0.3) is 0 Å². The molecule has 0 spiro atoms. The van der Waals surface area contributed by atoms with Gasteiger partial charge >= 0.3 is 5.97 Å². The molecule has 0 fully saturated rings. The molecule has 12 heteroatoms. The molecule has 2 heterocycles. The van der Waals surface area contributed by atoms with Crippen molar-refractivity contribution in [3.8, 4) is 23.0 Å². The summed E-state index contributed by atoms with van der Waals surface area (Å²) in [5.74, 6) is 3.23. The fourth-order valence-corrected chi connectivity index (χ4v) is 14.7. The van der Waals surface area contributed by atoms with Crippen molar-refractivity contribution in [3.63, 3.8) is 0 Å². The number of rotatable bonds is 35. The largest absolute Gasteiger partial charge is 0.494 e. The summed E-state index contributed by atoms with van der Waals surface area (Å²) in [5.41, 5.74) is 12.4. The number of ether oxygens (including phenoxy) is 4. The standard InChI is InChI=1S/C89H96N4O8/c1-9-15-29-61(11-3)58-92-78-45-39-63(54-77-69-33-21-19-31-64(69)43-49-84(77)97-13-5)53-73(78)74-55-66(40-46-79(74)92)87(90-96-8)71-35-23-25-37-82(71)99-51-27-17-18-28-52-100-83-38-26-24-36-72(83)88(91-101-60(7)94)67-41-47-80-75(56-67)76-57-68(42-48-81(76)93(80)59-62(12-4)30-16-10-2)89(95)86-70-34-22-20-32-65(70)44-50-85(86)98-14-6/h19-26,31-50,53,55-57,61-62H,9-18,27-30,51-52,54,58-59H2,1-8H3/b90-87-,91-88-. The molecule has 2 aromatic heterocycles. The summed E-state index contributed by atoms with van der Waals surface area (Å²) in [4.78, 5) is 38.7. The Hall–Kier alpha value is -10.2. The number of hydrogen-bond acceptors (Lipinski definition) is 10. The van der Waals surface area contributed by atoms with E-state index in [4.69, 9.17) is 33.8 Å². The normalized spacial score (nSPS) is 12.6. The zero-order chi connectivity index (χ0) is 70.2. The molecule has 10 aromatic carbocycles. The van der Waals surface area contributed by atoms with Crippen LogP contribution in [0.3, 0.4) is 0 Å². The second-order valence-corrected chi connectivity index (χ2v) is 26.6. The molecule has 0 bridgehead atoms. The molecule has 0 saturated heterocycles. The Labute approximate surface area is 594 Å². The average molecular weight is 1350 g/mol. The molecule has 0 saturated carbocycles. The van der Waals surface area contributed by atoms with E-state index in [9.17, 15) is 9.59 Å². The van der Waals surface area contributed by atoms with Gasteiger partial charge in [0, 0.05) is 103 Å². The van der Waals surface area contributed by atoms with Crippen LogP contribution in [0.2, 0.25) is 0 Å². The van der Waals surface area contributed by atoms with E-state index in [1.807, 2.05) is 111 Å². The van der Waals surface area contributed by atoms with Crippen LogP contribution in [-0.4, -0.2) is 65.8 Å². The maximum atomic E-state index is 14.9. The predicted molar refractivity (Wildman–Crippen MR) is 414 cm³/mol. The fraction of sp³-hybridized carbons (Fsp3) is 0.326. The molecule has 101 heavy (non-hydrogen) atoms. The minimum Gasteiger partial charge on any atom is -0.494 e. The van der Waals surface area contributed by atoms with Crippen LogP contribution in [0.25, 0.3) is 65.2 Å². The number of oxime groups is 2. The summed E-state index contributed by atoms with van der Waals surface area (Å²) < 4.78 is 30.6. The first-order valence-electron chi connectivity index (χ1n) is 36.8. The van der Waals surface area contributed by atoms with Crippen molar-refractivity contribution in [2.75, 3.05) is 33.5 Å². The van der Waals surface area contributed by atoms with Crippen molar-refractivity contribution in [3.05, 3.63) is 239 Å². The van der Waals surface area contributed by atoms with Gasteiger partial charge in [-0.05, 0) is 182 Å². The van der Waals surface area contributed by atoms with Gasteiger partial charge in [-0.2, -0.15) is 0 Å². The van der Waals surface area contributed by atoms with Crippen molar-refractivity contribution in [1.82, 2.24) is 9.13 Å². The molecular weight excluding hydrogens is 1250 g/mol. The van der Waals surface area contributed by atoms with Gasteiger partial charge in [0.05, 0.1) is 32.0 Å². The Morgan fingerprint density at radius 3 is 1.43 bits per heavy atom. The van der Waals surface area contributed by atoms with Gasteiger partial charge in [0.15, 0.2) is 5.78 Å². The van der Waals surface area contributed by atoms with Gasteiger partial charge in [0.2, 0.25) is 0 Å². The Balaban J connectivity index is 0.757.